The zero-order valence-electron chi connectivity index (χ0n) is 11.9. The van der Waals surface area contributed by atoms with E-state index in [0.717, 1.165) is 32.8 Å². The molecular weight excluding hydrogens is 288 g/mol. The average molecular weight is 311 g/mol. The van der Waals surface area contributed by atoms with E-state index in [4.69, 9.17) is 5.73 Å². The Balaban J connectivity index is 4.26. The molecule has 0 aromatic heterocycles. The molecule has 2 atom stereocenters. The summed E-state index contributed by atoms with van der Waals surface area (Å²) in [5.41, 5.74) is 4.92. The summed E-state index contributed by atoms with van der Waals surface area (Å²) < 4.78 is 29.2. The van der Waals surface area contributed by atoms with Crippen molar-refractivity contribution in [3.8, 4) is 0 Å². The monoisotopic (exact) mass is 311 g/mol. The van der Waals surface area contributed by atoms with E-state index in [1.165, 1.54) is 0 Å². The molecule has 118 valence electrons. The predicted molar refractivity (Wildman–Crippen MR) is 74.0 cm³/mol. The summed E-state index contributed by atoms with van der Waals surface area (Å²) in [6.45, 7) is 2.48. The number of nitrogens with two attached hydrogens (primary N) is 1. The number of nitrogens with one attached hydrogen (secondary N) is 2. The van der Waals surface area contributed by atoms with Gasteiger partial charge in [-0.15, -0.1) is 0 Å². The summed E-state index contributed by atoms with van der Waals surface area (Å²) >= 11 is 0. The standard InChI is InChI=1S/C11H23FN3O4P/c1-3-4-5-6-7-14-11(17)15-10(8-9(13)16)20(12,18)19-2/h10H,3-8H2,1-2H3,(H2,13,16)(H2,14,15,17)/t10-,20?/m0/s1. The number of carbonyl (C=O) groups excluding carboxylic acids is 2. The van der Waals surface area contributed by atoms with E-state index in [0.29, 0.717) is 6.54 Å². The third-order valence-electron chi connectivity index (χ3n) is 2.63. The second-order valence-corrected chi connectivity index (χ2v) is 6.38. The highest BCUT2D eigenvalue weighted by Gasteiger charge is 2.36. The lowest BCUT2D eigenvalue weighted by molar-refractivity contribution is -0.118. The van der Waals surface area contributed by atoms with Gasteiger partial charge >= 0.3 is 13.7 Å². The number of urea groups is 1. The van der Waals surface area contributed by atoms with E-state index in [1.807, 2.05) is 0 Å². The van der Waals surface area contributed by atoms with E-state index >= 15 is 0 Å². The van der Waals surface area contributed by atoms with Gasteiger partial charge in [0.05, 0.1) is 6.42 Å². The third-order valence-corrected chi connectivity index (χ3v) is 4.18. The second kappa shape index (κ2) is 9.72. The van der Waals surface area contributed by atoms with Crippen molar-refractivity contribution in [2.24, 2.45) is 5.73 Å². The van der Waals surface area contributed by atoms with Gasteiger partial charge in [0.25, 0.3) is 0 Å². The Bertz CT molecular complexity index is 368. The Morgan fingerprint density at radius 3 is 2.50 bits per heavy atom. The van der Waals surface area contributed by atoms with Gasteiger partial charge < -0.3 is 20.9 Å². The number of unbranched alkanes of at least 4 members (excludes halogenated alkanes) is 3. The Labute approximate surface area is 118 Å². The molecule has 0 aromatic rings. The predicted octanol–water partition coefficient (Wildman–Crippen LogP) is 1.88. The van der Waals surface area contributed by atoms with Crippen LogP contribution in [0.15, 0.2) is 0 Å². The molecule has 0 bridgehead atoms. The van der Waals surface area contributed by atoms with Crippen molar-refractivity contribution < 1.29 is 22.9 Å². The van der Waals surface area contributed by atoms with Crippen LogP contribution in [0, 0.1) is 0 Å². The van der Waals surface area contributed by atoms with Gasteiger partial charge in [-0.1, -0.05) is 26.2 Å². The first-order chi connectivity index (χ1) is 9.33. The number of carbonyl (C=O) groups is 2. The fourth-order valence-electron chi connectivity index (χ4n) is 1.51. The van der Waals surface area contributed by atoms with Gasteiger partial charge in [0.2, 0.25) is 5.91 Å². The van der Waals surface area contributed by atoms with Gasteiger partial charge in [-0.2, -0.15) is 4.20 Å². The molecule has 0 aromatic carbocycles. The van der Waals surface area contributed by atoms with Crippen LogP contribution in [0.4, 0.5) is 8.99 Å². The lowest BCUT2D eigenvalue weighted by Gasteiger charge is -2.19. The fraction of sp³-hybridized carbons (Fsp3) is 0.818. The van der Waals surface area contributed by atoms with Gasteiger partial charge in [-0.25, -0.2) is 4.79 Å². The zero-order chi connectivity index (χ0) is 15.6. The van der Waals surface area contributed by atoms with Crippen molar-refractivity contribution in [1.82, 2.24) is 10.6 Å². The van der Waals surface area contributed by atoms with Crippen LogP contribution < -0.4 is 16.4 Å². The quantitative estimate of drug-likeness (QED) is 0.422. The van der Waals surface area contributed by atoms with Gasteiger partial charge in [-0.3, -0.25) is 9.36 Å². The molecule has 20 heavy (non-hydrogen) atoms. The summed E-state index contributed by atoms with van der Waals surface area (Å²) in [6.07, 6.45) is 3.31. The van der Waals surface area contributed by atoms with E-state index in [-0.39, 0.29) is 0 Å². The Hall–Kier alpha value is -1.14. The lowest BCUT2D eigenvalue weighted by atomic mass is 10.2. The Morgan fingerprint density at radius 2 is 2.00 bits per heavy atom. The van der Waals surface area contributed by atoms with E-state index in [2.05, 4.69) is 22.1 Å². The van der Waals surface area contributed by atoms with Crippen LogP contribution in [0.2, 0.25) is 0 Å². The van der Waals surface area contributed by atoms with Gasteiger partial charge in [0.15, 0.2) is 0 Å². The first kappa shape index (κ1) is 18.9. The molecule has 0 rings (SSSR count). The number of hydrogen-bond acceptors (Lipinski definition) is 4. The summed E-state index contributed by atoms with van der Waals surface area (Å²) in [4.78, 5) is 22.3. The van der Waals surface area contributed by atoms with Crippen LogP contribution in [-0.2, 0) is 13.9 Å². The summed E-state index contributed by atoms with van der Waals surface area (Å²) in [7, 11) is -3.71. The van der Waals surface area contributed by atoms with Crippen molar-refractivity contribution in [3.63, 3.8) is 0 Å². The summed E-state index contributed by atoms with van der Waals surface area (Å²) in [6, 6.07) is -0.706. The molecule has 0 saturated heterocycles. The molecule has 1 unspecified atom stereocenters. The number of halogens is 1. The van der Waals surface area contributed by atoms with E-state index in [1.54, 1.807) is 0 Å². The van der Waals surface area contributed by atoms with Crippen molar-refractivity contribution in [2.75, 3.05) is 13.7 Å². The molecule has 3 amide bonds. The van der Waals surface area contributed by atoms with Crippen LogP contribution >= 0.6 is 7.68 Å². The largest absolute Gasteiger partial charge is 0.389 e. The lowest BCUT2D eigenvalue weighted by Crippen LogP contribution is -2.43. The van der Waals surface area contributed by atoms with Crippen LogP contribution in [0.3, 0.4) is 0 Å². The molecule has 0 aliphatic rings. The molecule has 4 N–H and O–H groups in total. The smallest absolute Gasteiger partial charge is 0.370 e. The number of primary amides is 1. The van der Waals surface area contributed by atoms with Gasteiger partial charge in [-0.05, 0) is 6.42 Å². The molecule has 0 fully saturated rings. The molecule has 0 saturated carbocycles. The summed E-state index contributed by atoms with van der Waals surface area (Å²) in [5, 5.41) is 4.61. The van der Waals surface area contributed by atoms with Crippen LogP contribution in [0.1, 0.15) is 39.0 Å². The Morgan fingerprint density at radius 1 is 1.35 bits per heavy atom. The highest BCUT2D eigenvalue weighted by Crippen LogP contribution is 2.52. The maximum Gasteiger partial charge on any atom is 0.389 e. The van der Waals surface area contributed by atoms with Crippen molar-refractivity contribution >= 4 is 19.6 Å². The zero-order valence-corrected chi connectivity index (χ0v) is 12.7. The molecular formula is C11H23FN3O4P. The van der Waals surface area contributed by atoms with Gasteiger partial charge in [0.1, 0.15) is 5.78 Å². The summed E-state index contributed by atoms with van der Waals surface area (Å²) in [5.74, 6) is -2.45. The number of amides is 3. The first-order valence-electron chi connectivity index (χ1n) is 6.51. The molecule has 0 aliphatic carbocycles. The van der Waals surface area contributed by atoms with Crippen LogP contribution in [-0.4, -0.2) is 31.4 Å². The van der Waals surface area contributed by atoms with Crippen molar-refractivity contribution in [2.45, 2.75) is 44.8 Å². The molecule has 9 heteroatoms. The molecule has 7 nitrogen and oxygen atoms in total. The maximum absolute atomic E-state index is 13.6. The normalized spacial score (nSPS) is 15.2. The fourth-order valence-corrected chi connectivity index (χ4v) is 2.43. The topological polar surface area (TPSA) is 111 Å². The van der Waals surface area contributed by atoms with E-state index in [9.17, 15) is 18.4 Å². The maximum atomic E-state index is 13.6. The minimum atomic E-state index is -4.61. The molecule has 0 radical (unpaired) electrons. The van der Waals surface area contributed by atoms with Crippen LogP contribution in [0.5, 0.6) is 0 Å². The number of hydrogen-bond donors (Lipinski definition) is 3. The molecule has 0 heterocycles. The Kier molecular flexibility index (Phi) is 9.16. The van der Waals surface area contributed by atoms with Gasteiger partial charge in [0, 0.05) is 13.7 Å². The molecule has 0 spiro atoms. The molecule has 0 aliphatic heterocycles. The highest BCUT2D eigenvalue weighted by molar-refractivity contribution is 7.54. The minimum Gasteiger partial charge on any atom is -0.370 e. The van der Waals surface area contributed by atoms with E-state index < -0.39 is 31.8 Å². The SMILES string of the molecule is CCCCCCNC(=O)N[C@H](CC(N)=O)P(=O)(F)OC. The second-order valence-electron chi connectivity index (χ2n) is 4.35. The average Bonchev–Trinajstić information content (AvgIpc) is 2.37. The van der Waals surface area contributed by atoms with Crippen molar-refractivity contribution in [3.05, 3.63) is 0 Å². The third kappa shape index (κ3) is 8.12. The number of rotatable bonds is 10. The minimum absolute atomic E-state index is 0.415. The first-order valence-corrected chi connectivity index (χ1v) is 8.09. The van der Waals surface area contributed by atoms with Crippen molar-refractivity contribution in [1.29, 1.82) is 0 Å². The highest BCUT2D eigenvalue weighted by atomic mass is 31.2. The van der Waals surface area contributed by atoms with Crippen LogP contribution in [0.25, 0.3) is 0 Å².